The standard InChI is InChI=1S/C22H24N2O3/c1-15-8-6-10-18(14-15)21-20(16(2)27-24-21)22(25)23-13-7-11-17-9-4-5-12-19(17)26-3/h4-6,8-10,12,14H,7,11,13H2,1-3H3,(H,23,25). The maximum absolute atomic E-state index is 12.7. The summed E-state index contributed by atoms with van der Waals surface area (Å²) in [5.41, 5.74) is 4.20. The zero-order chi connectivity index (χ0) is 19.2. The average Bonchev–Trinajstić information content (AvgIpc) is 3.07. The summed E-state index contributed by atoms with van der Waals surface area (Å²) in [7, 11) is 1.67. The van der Waals surface area contributed by atoms with Crippen molar-refractivity contribution in [3.8, 4) is 17.0 Å². The SMILES string of the molecule is COc1ccccc1CCCNC(=O)c1c(-c2cccc(C)c2)noc1C. The number of aromatic nitrogens is 1. The van der Waals surface area contributed by atoms with Gasteiger partial charge >= 0.3 is 0 Å². The second-order valence-electron chi connectivity index (χ2n) is 6.50. The second kappa shape index (κ2) is 8.54. The summed E-state index contributed by atoms with van der Waals surface area (Å²) in [6.07, 6.45) is 1.65. The minimum atomic E-state index is -0.162. The highest BCUT2D eigenvalue weighted by Crippen LogP contribution is 2.26. The van der Waals surface area contributed by atoms with Gasteiger partial charge in [0.1, 0.15) is 22.8 Å². The summed E-state index contributed by atoms with van der Waals surface area (Å²) in [6, 6.07) is 15.8. The van der Waals surface area contributed by atoms with Crippen molar-refractivity contribution in [3.63, 3.8) is 0 Å². The predicted molar refractivity (Wildman–Crippen MR) is 105 cm³/mol. The Labute approximate surface area is 159 Å². The molecule has 1 aromatic heterocycles. The number of carbonyl (C=O) groups is 1. The molecule has 2 aromatic carbocycles. The van der Waals surface area contributed by atoms with E-state index in [1.807, 2.05) is 55.5 Å². The monoisotopic (exact) mass is 364 g/mol. The van der Waals surface area contributed by atoms with E-state index in [0.29, 0.717) is 23.6 Å². The molecule has 0 atom stereocenters. The van der Waals surface area contributed by atoms with Crippen molar-refractivity contribution in [2.45, 2.75) is 26.7 Å². The molecule has 1 amide bonds. The van der Waals surface area contributed by atoms with E-state index in [4.69, 9.17) is 9.26 Å². The van der Waals surface area contributed by atoms with Gasteiger partial charge in [-0.1, -0.05) is 47.1 Å². The minimum Gasteiger partial charge on any atom is -0.496 e. The molecule has 1 heterocycles. The first kappa shape index (κ1) is 18.7. The van der Waals surface area contributed by atoms with Gasteiger partial charge in [-0.3, -0.25) is 4.79 Å². The largest absolute Gasteiger partial charge is 0.496 e. The Morgan fingerprint density at radius 1 is 1.15 bits per heavy atom. The zero-order valence-corrected chi connectivity index (χ0v) is 15.9. The lowest BCUT2D eigenvalue weighted by molar-refractivity contribution is 0.0952. The molecule has 0 aliphatic rings. The van der Waals surface area contributed by atoms with Crippen molar-refractivity contribution < 1.29 is 14.1 Å². The van der Waals surface area contributed by atoms with Gasteiger partial charge in [-0.25, -0.2) is 0 Å². The molecule has 0 fully saturated rings. The van der Waals surface area contributed by atoms with Gasteiger partial charge in [0.15, 0.2) is 0 Å². The van der Waals surface area contributed by atoms with E-state index in [1.165, 1.54) is 0 Å². The molecular weight excluding hydrogens is 340 g/mol. The number of ether oxygens (including phenoxy) is 1. The molecule has 0 saturated carbocycles. The summed E-state index contributed by atoms with van der Waals surface area (Å²) in [5, 5.41) is 7.07. The van der Waals surface area contributed by atoms with Gasteiger partial charge in [0.2, 0.25) is 0 Å². The van der Waals surface area contributed by atoms with Crippen molar-refractivity contribution in [1.82, 2.24) is 10.5 Å². The number of methoxy groups -OCH3 is 1. The fourth-order valence-corrected chi connectivity index (χ4v) is 3.11. The number of hydrogen-bond donors (Lipinski definition) is 1. The minimum absolute atomic E-state index is 0.162. The molecule has 0 spiro atoms. The highest BCUT2D eigenvalue weighted by molar-refractivity contribution is 6.00. The zero-order valence-electron chi connectivity index (χ0n) is 15.9. The van der Waals surface area contributed by atoms with Crippen LogP contribution in [0.3, 0.4) is 0 Å². The quantitative estimate of drug-likeness (QED) is 0.634. The van der Waals surface area contributed by atoms with Gasteiger partial charge in [0.25, 0.3) is 5.91 Å². The van der Waals surface area contributed by atoms with Gasteiger partial charge in [0.05, 0.1) is 7.11 Å². The Kier molecular flexibility index (Phi) is 5.91. The summed E-state index contributed by atoms with van der Waals surface area (Å²) in [4.78, 5) is 12.7. The van der Waals surface area contributed by atoms with Crippen molar-refractivity contribution >= 4 is 5.91 Å². The molecule has 0 aliphatic carbocycles. The van der Waals surface area contributed by atoms with Crippen LogP contribution in [0.15, 0.2) is 53.1 Å². The van der Waals surface area contributed by atoms with Gasteiger partial charge < -0.3 is 14.6 Å². The Morgan fingerprint density at radius 2 is 1.96 bits per heavy atom. The van der Waals surface area contributed by atoms with Crippen LogP contribution in [0.4, 0.5) is 0 Å². The molecule has 27 heavy (non-hydrogen) atoms. The normalized spacial score (nSPS) is 10.6. The molecule has 0 unspecified atom stereocenters. The van der Waals surface area contributed by atoms with Crippen molar-refractivity contribution in [3.05, 3.63) is 71.0 Å². The van der Waals surface area contributed by atoms with Gasteiger partial charge in [-0.2, -0.15) is 0 Å². The topological polar surface area (TPSA) is 64.4 Å². The van der Waals surface area contributed by atoms with E-state index in [-0.39, 0.29) is 5.91 Å². The van der Waals surface area contributed by atoms with E-state index in [9.17, 15) is 4.79 Å². The highest BCUT2D eigenvalue weighted by Gasteiger charge is 2.21. The third-order valence-electron chi connectivity index (χ3n) is 4.48. The lowest BCUT2D eigenvalue weighted by atomic mass is 10.0. The van der Waals surface area contributed by atoms with Crippen LogP contribution >= 0.6 is 0 Å². The van der Waals surface area contributed by atoms with Gasteiger partial charge in [0, 0.05) is 12.1 Å². The first-order valence-electron chi connectivity index (χ1n) is 9.03. The van der Waals surface area contributed by atoms with Crippen LogP contribution in [-0.4, -0.2) is 24.7 Å². The maximum Gasteiger partial charge on any atom is 0.257 e. The smallest absolute Gasteiger partial charge is 0.257 e. The molecule has 0 radical (unpaired) electrons. The lowest BCUT2D eigenvalue weighted by Crippen LogP contribution is -2.25. The predicted octanol–water partition coefficient (Wildman–Crippen LogP) is 4.33. The molecule has 140 valence electrons. The molecule has 5 heteroatoms. The van der Waals surface area contributed by atoms with Crippen LogP contribution in [0, 0.1) is 13.8 Å². The maximum atomic E-state index is 12.7. The van der Waals surface area contributed by atoms with Crippen LogP contribution in [-0.2, 0) is 6.42 Å². The van der Waals surface area contributed by atoms with Gasteiger partial charge in [-0.15, -0.1) is 0 Å². The van der Waals surface area contributed by atoms with Crippen LogP contribution < -0.4 is 10.1 Å². The van der Waals surface area contributed by atoms with Crippen LogP contribution in [0.1, 0.15) is 33.7 Å². The molecular formula is C22H24N2O3. The summed E-state index contributed by atoms with van der Waals surface area (Å²) in [6.45, 7) is 4.33. The van der Waals surface area contributed by atoms with Crippen LogP contribution in [0.2, 0.25) is 0 Å². The number of rotatable bonds is 7. The van der Waals surface area contributed by atoms with Crippen LogP contribution in [0.5, 0.6) is 5.75 Å². The highest BCUT2D eigenvalue weighted by atomic mass is 16.5. The Morgan fingerprint density at radius 3 is 2.74 bits per heavy atom. The second-order valence-corrected chi connectivity index (χ2v) is 6.50. The third-order valence-corrected chi connectivity index (χ3v) is 4.48. The summed E-state index contributed by atoms with van der Waals surface area (Å²) >= 11 is 0. The molecule has 3 aromatic rings. The number of nitrogens with zero attached hydrogens (tertiary/aromatic N) is 1. The third kappa shape index (κ3) is 4.37. The van der Waals surface area contributed by atoms with Crippen molar-refractivity contribution in [2.24, 2.45) is 0 Å². The number of aryl methyl sites for hydroxylation is 3. The molecule has 0 bridgehead atoms. The summed E-state index contributed by atoms with van der Waals surface area (Å²) in [5.74, 6) is 1.24. The first-order chi connectivity index (χ1) is 13.1. The summed E-state index contributed by atoms with van der Waals surface area (Å²) < 4.78 is 10.7. The van der Waals surface area contributed by atoms with E-state index >= 15 is 0 Å². The van der Waals surface area contributed by atoms with Gasteiger partial charge in [-0.05, 0) is 44.4 Å². The fraction of sp³-hybridized carbons (Fsp3) is 0.273. The van der Waals surface area contributed by atoms with Crippen LogP contribution in [0.25, 0.3) is 11.3 Å². The number of para-hydroxylation sites is 1. The van der Waals surface area contributed by atoms with Crippen molar-refractivity contribution in [2.75, 3.05) is 13.7 Å². The Hall–Kier alpha value is -3.08. The molecule has 0 saturated heterocycles. The Bertz CT molecular complexity index is 931. The fourth-order valence-electron chi connectivity index (χ4n) is 3.11. The number of carbonyl (C=O) groups excluding carboxylic acids is 1. The number of amides is 1. The number of nitrogens with one attached hydrogen (secondary N) is 1. The van der Waals surface area contributed by atoms with E-state index in [2.05, 4.69) is 10.5 Å². The van der Waals surface area contributed by atoms with E-state index < -0.39 is 0 Å². The Balaban J connectivity index is 1.64. The van der Waals surface area contributed by atoms with Crippen molar-refractivity contribution in [1.29, 1.82) is 0 Å². The molecule has 1 N–H and O–H groups in total. The lowest BCUT2D eigenvalue weighted by Gasteiger charge is -2.09. The average molecular weight is 364 g/mol. The molecule has 3 rings (SSSR count). The molecule has 5 nitrogen and oxygen atoms in total. The first-order valence-corrected chi connectivity index (χ1v) is 9.03. The number of benzene rings is 2. The van der Waals surface area contributed by atoms with E-state index in [0.717, 1.165) is 35.3 Å². The number of hydrogen-bond acceptors (Lipinski definition) is 4. The molecule has 0 aliphatic heterocycles. The van der Waals surface area contributed by atoms with E-state index in [1.54, 1.807) is 14.0 Å².